The van der Waals surface area contributed by atoms with Gasteiger partial charge in [0.25, 0.3) is 0 Å². The molecule has 1 aliphatic rings. The fourth-order valence-corrected chi connectivity index (χ4v) is 3.26. The summed E-state index contributed by atoms with van der Waals surface area (Å²) in [4.78, 5) is 25.3. The van der Waals surface area contributed by atoms with E-state index in [1.807, 2.05) is 6.92 Å². The quantitative estimate of drug-likeness (QED) is 0.710. The molecular weight excluding hydrogens is 308 g/mol. The Labute approximate surface area is 132 Å². The number of rotatable bonds is 6. The summed E-state index contributed by atoms with van der Waals surface area (Å²) >= 11 is 1.34. The Morgan fingerprint density at radius 3 is 2.95 bits per heavy atom. The van der Waals surface area contributed by atoms with Crippen molar-refractivity contribution in [3.63, 3.8) is 0 Å². The highest BCUT2D eigenvalue weighted by Crippen LogP contribution is 2.20. The van der Waals surface area contributed by atoms with E-state index in [-0.39, 0.29) is 25.4 Å². The molecule has 0 saturated carbocycles. The third kappa shape index (κ3) is 4.21. The number of β-amino-alcohol motifs (C(OH)–C–C–N with tert-alkyl or cyclic N) is 1. The Morgan fingerprint density at radius 1 is 1.50 bits per heavy atom. The molecule has 0 aliphatic carbocycles. The van der Waals surface area contributed by atoms with Crippen molar-refractivity contribution in [3.8, 4) is 0 Å². The second-order valence-corrected chi connectivity index (χ2v) is 6.22. The van der Waals surface area contributed by atoms with Crippen molar-refractivity contribution >= 4 is 28.3 Å². The number of aliphatic hydroxyl groups is 1. The topological polar surface area (TPSA) is 105 Å². The van der Waals surface area contributed by atoms with E-state index in [0.717, 1.165) is 17.8 Å². The predicted molar refractivity (Wildman–Crippen MR) is 80.5 cm³/mol. The van der Waals surface area contributed by atoms with Crippen LogP contribution in [-0.4, -0.2) is 64.4 Å². The van der Waals surface area contributed by atoms with Crippen LogP contribution in [0, 0.1) is 0 Å². The highest BCUT2D eigenvalue weighted by molar-refractivity contribution is 7.15. The Bertz CT molecular complexity index is 536. The van der Waals surface area contributed by atoms with Gasteiger partial charge >= 0.3 is 5.97 Å². The minimum atomic E-state index is -0.630. The first-order chi connectivity index (χ1) is 10.5. The molecule has 1 fully saturated rings. The van der Waals surface area contributed by atoms with Gasteiger partial charge < -0.3 is 9.84 Å². The van der Waals surface area contributed by atoms with E-state index < -0.39 is 18.1 Å². The minimum absolute atomic E-state index is 0.000478. The highest BCUT2D eigenvalue weighted by Gasteiger charge is 2.37. The molecule has 9 heteroatoms. The van der Waals surface area contributed by atoms with Gasteiger partial charge in [0.1, 0.15) is 11.0 Å². The van der Waals surface area contributed by atoms with Crippen molar-refractivity contribution in [3.05, 3.63) is 5.01 Å². The van der Waals surface area contributed by atoms with Crippen molar-refractivity contribution in [1.82, 2.24) is 15.1 Å². The molecule has 2 N–H and O–H groups in total. The van der Waals surface area contributed by atoms with Gasteiger partial charge in [-0.3, -0.25) is 19.8 Å². The molecule has 1 aromatic heterocycles. The SMILES string of the molecule is CCCc1nnc(NC(=O)CN2C[C@H](O)C[C@H]2C(=O)OC)s1. The lowest BCUT2D eigenvalue weighted by molar-refractivity contribution is -0.146. The Morgan fingerprint density at radius 2 is 2.27 bits per heavy atom. The van der Waals surface area contributed by atoms with Crippen LogP contribution in [-0.2, 0) is 20.7 Å². The lowest BCUT2D eigenvalue weighted by atomic mass is 10.2. The molecule has 22 heavy (non-hydrogen) atoms. The van der Waals surface area contributed by atoms with Crippen LogP contribution in [0.15, 0.2) is 0 Å². The van der Waals surface area contributed by atoms with Gasteiger partial charge in [0.15, 0.2) is 0 Å². The number of hydrogen-bond donors (Lipinski definition) is 2. The van der Waals surface area contributed by atoms with Crippen LogP contribution in [0.1, 0.15) is 24.8 Å². The fraction of sp³-hybridized carbons (Fsp3) is 0.692. The van der Waals surface area contributed by atoms with E-state index in [4.69, 9.17) is 4.74 Å². The normalized spacial score (nSPS) is 21.8. The summed E-state index contributed by atoms with van der Waals surface area (Å²) in [6, 6.07) is -0.587. The summed E-state index contributed by atoms with van der Waals surface area (Å²) in [5.74, 6) is -0.729. The maximum atomic E-state index is 12.1. The maximum absolute atomic E-state index is 12.1. The van der Waals surface area contributed by atoms with Crippen LogP contribution >= 0.6 is 11.3 Å². The van der Waals surface area contributed by atoms with Gasteiger partial charge in [-0.25, -0.2) is 0 Å². The molecule has 0 spiro atoms. The molecule has 1 aromatic rings. The van der Waals surface area contributed by atoms with Gasteiger partial charge in [-0.2, -0.15) is 0 Å². The summed E-state index contributed by atoms with van der Waals surface area (Å²) in [6.45, 7) is 2.31. The zero-order valence-electron chi connectivity index (χ0n) is 12.6. The van der Waals surface area contributed by atoms with Crippen molar-refractivity contribution < 1.29 is 19.4 Å². The van der Waals surface area contributed by atoms with Crippen LogP contribution in [0.25, 0.3) is 0 Å². The molecule has 8 nitrogen and oxygen atoms in total. The van der Waals surface area contributed by atoms with Gasteiger partial charge in [-0.05, 0) is 6.42 Å². The largest absolute Gasteiger partial charge is 0.468 e. The van der Waals surface area contributed by atoms with Crippen LogP contribution < -0.4 is 5.32 Å². The number of esters is 1. The van der Waals surface area contributed by atoms with Crippen LogP contribution in [0.5, 0.6) is 0 Å². The first kappa shape index (κ1) is 16.8. The molecule has 0 unspecified atom stereocenters. The summed E-state index contributed by atoms with van der Waals surface area (Å²) in [6.07, 6.45) is 1.44. The first-order valence-electron chi connectivity index (χ1n) is 7.15. The molecule has 2 rings (SSSR count). The van der Waals surface area contributed by atoms with E-state index in [0.29, 0.717) is 5.13 Å². The van der Waals surface area contributed by atoms with E-state index >= 15 is 0 Å². The first-order valence-corrected chi connectivity index (χ1v) is 7.97. The number of likely N-dealkylation sites (tertiary alicyclic amines) is 1. The Hall–Kier alpha value is -1.58. The molecule has 0 aromatic carbocycles. The number of amides is 1. The zero-order chi connectivity index (χ0) is 16.1. The van der Waals surface area contributed by atoms with Crippen molar-refractivity contribution in [2.45, 2.75) is 38.3 Å². The molecule has 2 heterocycles. The molecule has 2 atom stereocenters. The van der Waals surface area contributed by atoms with E-state index in [1.165, 1.54) is 18.4 Å². The number of aryl methyl sites for hydroxylation is 1. The monoisotopic (exact) mass is 328 g/mol. The van der Waals surface area contributed by atoms with Crippen LogP contribution in [0.4, 0.5) is 5.13 Å². The molecule has 1 amide bonds. The number of nitrogens with zero attached hydrogens (tertiary/aromatic N) is 3. The van der Waals surface area contributed by atoms with Gasteiger partial charge in [-0.15, -0.1) is 10.2 Å². The van der Waals surface area contributed by atoms with Gasteiger partial charge in [0.05, 0.1) is 19.8 Å². The lowest BCUT2D eigenvalue weighted by Gasteiger charge is -2.20. The average Bonchev–Trinajstić information content (AvgIpc) is 3.05. The highest BCUT2D eigenvalue weighted by atomic mass is 32.1. The molecule has 0 bridgehead atoms. The smallest absolute Gasteiger partial charge is 0.323 e. The number of ether oxygens (including phenoxy) is 1. The van der Waals surface area contributed by atoms with E-state index in [9.17, 15) is 14.7 Å². The standard InChI is InChI=1S/C13H20N4O4S/c1-3-4-11-15-16-13(22-11)14-10(19)7-17-6-8(18)5-9(17)12(20)21-2/h8-9,18H,3-7H2,1-2H3,(H,14,16,19)/t8-,9+/m1/s1. The number of aromatic nitrogens is 2. The Balaban J connectivity index is 1.91. The van der Waals surface area contributed by atoms with Gasteiger partial charge in [0, 0.05) is 19.4 Å². The van der Waals surface area contributed by atoms with Crippen LogP contribution in [0.2, 0.25) is 0 Å². The molecular formula is C13H20N4O4S. The number of methoxy groups -OCH3 is 1. The second-order valence-electron chi connectivity index (χ2n) is 5.16. The number of nitrogens with one attached hydrogen (secondary N) is 1. The maximum Gasteiger partial charge on any atom is 0.323 e. The third-order valence-electron chi connectivity index (χ3n) is 3.38. The molecule has 0 radical (unpaired) electrons. The van der Waals surface area contributed by atoms with Crippen molar-refractivity contribution in [2.75, 3.05) is 25.5 Å². The van der Waals surface area contributed by atoms with Crippen molar-refractivity contribution in [1.29, 1.82) is 0 Å². The number of carbonyl (C=O) groups excluding carboxylic acids is 2. The van der Waals surface area contributed by atoms with Gasteiger partial charge in [0.2, 0.25) is 11.0 Å². The zero-order valence-corrected chi connectivity index (χ0v) is 13.4. The Kier molecular flexibility index (Phi) is 5.81. The predicted octanol–water partition coefficient (Wildman–Crippen LogP) is 0.0373. The molecule has 122 valence electrons. The number of aliphatic hydroxyl groups excluding tert-OH is 1. The van der Waals surface area contributed by atoms with E-state index in [1.54, 1.807) is 4.90 Å². The summed E-state index contributed by atoms with van der Waals surface area (Å²) in [7, 11) is 1.29. The second kappa shape index (κ2) is 7.61. The lowest BCUT2D eigenvalue weighted by Crippen LogP contribution is -2.41. The molecule has 1 saturated heterocycles. The minimum Gasteiger partial charge on any atom is -0.468 e. The summed E-state index contributed by atoms with van der Waals surface area (Å²) < 4.78 is 4.70. The summed E-state index contributed by atoms with van der Waals surface area (Å²) in [5.41, 5.74) is 0. The third-order valence-corrected chi connectivity index (χ3v) is 4.28. The number of anilines is 1. The van der Waals surface area contributed by atoms with Crippen LogP contribution in [0.3, 0.4) is 0 Å². The molecule has 1 aliphatic heterocycles. The fourth-order valence-electron chi connectivity index (χ4n) is 2.40. The number of carbonyl (C=O) groups is 2. The van der Waals surface area contributed by atoms with Crippen molar-refractivity contribution in [2.24, 2.45) is 0 Å². The number of hydrogen-bond acceptors (Lipinski definition) is 8. The average molecular weight is 328 g/mol. The van der Waals surface area contributed by atoms with Gasteiger partial charge in [-0.1, -0.05) is 18.3 Å². The van der Waals surface area contributed by atoms with E-state index in [2.05, 4.69) is 15.5 Å². The summed E-state index contributed by atoms with van der Waals surface area (Å²) in [5, 5.41) is 21.6.